The Bertz CT molecular complexity index is 531. The predicted octanol–water partition coefficient (Wildman–Crippen LogP) is 2.47. The quantitative estimate of drug-likeness (QED) is 0.898. The summed E-state index contributed by atoms with van der Waals surface area (Å²) in [5.41, 5.74) is 7.74. The first-order chi connectivity index (χ1) is 10.1. The van der Waals surface area contributed by atoms with E-state index in [-0.39, 0.29) is 11.5 Å². The van der Waals surface area contributed by atoms with Crippen LogP contribution in [0.3, 0.4) is 0 Å². The van der Waals surface area contributed by atoms with Gasteiger partial charge in [-0.1, -0.05) is 25.1 Å². The standard InChI is InChI=1S/C17H24N2O2/c1-12-8-9-17(10-12,11-18)21-15-7-6-13-4-2-3-5-14(13)19-16(15)20/h2-5,12,15H,6-11,18H2,1H3,(H,19,20). The molecule has 21 heavy (non-hydrogen) atoms. The number of nitrogens with two attached hydrogens (primary N) is 1. The number of nitrogens with one attached hydrogen (secondary N) is 1. The maximum Gasteiger partial charge on any atom is 0.253 e. The summed E-state index contributed by atoms with van der Waals surface area (Å²) >= 11 is 0. The molecule has 0 saturated heterocycles. The van der Waals surface area contributed by atoms with Gasteiger partial charge in [-0.2, -0.15) is 0 Å². The Morgan fingerprint density at radius 2 is 2.19 bits per heavy atom. The highest BCUT2D eigenvalue weighted by Crippen LogP contribution is 2.38. The van der Waals surface area contributed by atoms with E-state index in [0.29, 0.717) is 12.5 Å². The predicted molar refractivity (Wildman–Crippen MR) is 83.1 cm³/mol. The molecule has 1 amide bonds. The largest absolute Gasteiger partial charge is 0.361 e. The third kappa shape index (κ3) is 2.97. The smallest absolute Gasteiger partial charge is 0.253 e. The number of carbonyl (C=O) groups excluding carboxylic acids is 1. The van der Waals surface area contributed by atoms with Crippen molar-refractivity contribution in [3.05, 3.63) is 29.8 Å². The molecule has 1 heterocycles. The summed E-state index contributed by atoms with van der Waals surface area (Å²) in [4.78, 5) is 12.4. The number of anilines is 1. The van der Waals surface area contributed by atoms with Crippen LogP contribution >= 0.6 is 0 Å². The fourth-order valence-electron chi connectivity index (χ4n) is 3.59. The summed E-state index contributed by atoms with van der Waals surface area (Å²) in [6.45, 7) is 2.72. The van der Waals surface area contributed by atoms with Crippen LogP contribution in [0.2, 0.25) is 0 Å². The zero-order valence-electron chi connectivity index (χ0n) is 12.6. The van der Waals surface area contributed by atoms with Gasteiger partial charge in [0, 0.05) is 12.2 Å². The highest BCUT2D eigenvalue weighted by molar-refractivity contribution is 5.95. The minimum Gasteiger partial charge on any atom is -0.361 e. The van der Waals surface area contributed by atoms with Crippen molar-refractivity contribution >= 4 is 11.6 Å². The Labute approximate surface area is 126 Å². The maximum absolute atomic E-state index is 12.4. The van der Waals surface area contributed by atoms with Crippen molar-refractivity contribution in [1.82, 2.24) is 0 Å². The van der Waals surface area contributed by atoms with Crippen LogP contribution in [0.4, 0.5) is 5.69 Å². The zero-order valence-corrected chi connectivity index (χ0v) is 12.6. The molecule has 0 aromatic heterocycles. The van der Waals surface area contributed by atoms with Crippen molar-refractivity contribution in [3.63, 3.8) is 0 Å². The molecule has 114 valence electrons. The first-order valence-corrected chi connectivity index (χ1v) is 7.88. The van der Waals surface area contributed by atoms with E-state index < -0.39 is 6.10 Å². The van der Waals surface area contributed by atoms with Gasteiger partial charge in [-0.15, -0.1) is 0 Å². The zero-order chi connectivity index (χ0) is 14.9. The minimum absolute atomic E-state index is 0.0349. The van der Waals surface area contributed by atoms with Crippen LogP contribution in [0.15, 0.2) is 24.3 Å². The molecule has 4 nitrogen and oxygen atoms in total. The number of fused-ring (bicyclic) bond motifs is 1. The molecular weight excluding hydrogens is 264 g/mol. The number of amides is 1. The summed E-state index contributed by atoms with van der Waals surface area (Å²) in [5.74, 6) is 0.590. The molecule has 3 atom stereocenters. The lowest BCUT2D eigenvalue weighted by Crippen LogP contribution is -2.45. The third-order valence-electron chi connectivity index (χ3n) is 4.82. The fourth-order valence-corrected chi connectivity index (χ4v) is 3.59. The molecule has 3 unspecified atom stereocenters. The molecule has 4 heteroatoms. The average molecular weight is 288 g/mol. The molecule has 1 aliphatic heterocycles. The highest BCUT2D eigenvalue weighted by Gasteiger charge is 2.41. The van der Waals surface area contributed by atoms with Crippen molar-refractivity contribution in [3.8, 4) is 0 Å². The van der Waals surface area contributed by atoms with Crippen LogP contribution in [0.25, 0.3) is 0 Å². The molecular formula is C17H24N2O2. The minimum atomic E-state index is -0.397. The van der Waals surface area contributed by atoms with Gasteiger partial charge in [0.2, 0.25) is 0 Å². The molecule has 1 aliphatic carbocycles. The van der Waals surface area contributed by atoms with Gasteiger partial charge < -0.3 is 15.8 Å². The Kier molecular flexibility index (Phi) is 4.00. The van der Waals surface area contributed by atoms with Crippen molar-refractivity contribution in [1.29, 1.82) is 0 Å². The van der Waals surface area contributed by atoms with E-state index >= 15 is 0 Å². The van der Waals surface area contributed by atoms with Gasteiger partial charge in [-0.05, 0) is 49.7 Å². The third-order valence-corrected chi connectivity index (χ3v) is 4.82. The van der Waals surface area contributed by atoms with Gasteiger partial charge in [-0.3, -0.25) is 4.79 Å². The van der Waals surface area contributed by atoms with E-state index in [0.717, 1.165) is 37.8 Å². The van der Waals surface area contributed by atoms with Crippen LogP contribution < -0.4 is 11.1 Å². The summed E-state index contributed by atoms with van der Waals surface area (Å²) in [6, 6.07) is 7.97. The second-order valence-corrected chi connectivity index (χ2v) is 6.53. The Balaban J connectivity index is 1.74. The maximum atomic E-state index is 12.4. The van der Waals surface area contributed by atoms with E-state index in [2.05, 4.69) is 18.3 Å². The summed E-state index contributed by atoms with van der Waals surface area (Å²) < 4.78 is 6.25. The number of hydrogen-bond acceptors (Lipinski definition) is 3. The van der Waals surface area contributed by atoms with Crippen molar-refractivity contribution in [2.24, 2.45) is 11.7 Å². The van der Waals surface area contributed by atoms with E-state index in [4.69, 9.17) is 10.5 Å². The van der Waals surface area contributed by atoms with Gasteiger partial charge >= 0.3 is 0 Å². The van der Waals surface area contributed by atoms with Gasteiger partial charge in [-0.25, -0.2) is 0 Å². The summed E-state index contributed by atoms with van der Waals surface area (Å²) in [5, 5.41) is 2.99. The van der Waals surface area contributed by atoms with Crippen molar-refractivity contribution in [2.45, 2.75) is 50.7 Å². The number of aryl methyl sites for hydroxylation is 1. The molecule has 1 aromatic carbocycles. The van der Waals surface area contributed by atoms with Crippen LogP contribution in [-0.2, 0) is 16.0 Å². The fraction of sp³-hybridized carbons (Fsp3) is 0.588. The lowest BCUT2D eigenvalue weighted by atomic mass is 9.99. The Hall–Kier alpha value is -1.39. The normalized spacial score (nSPS) is 32.4. The van der Waals surface area contributed by atoms with Gasteiger partial charge in [0.15, 0.2) is 0 Å². The summed E-state index contributed by atoms with van der Waals surface area (Å²) in [6.07, 6.45) is 4.23. The number of para-hydroxylation sites is 1. The monoisotopic (exact) mass is 288 g/mol. The average Bonchev–Trinajstić information content (AvgIpc) is 2.78. The van der Waals surface area contributed by atoms with Gasteiger partial charge in [0.05, 0.1) is 5.60 Å². The van der Waals surface area contributed by atoms with E-state index in [1.807, 2.05) is 18.2 Å². The van der Waals surface area contributed by atoms with E-state index in [9.17, 15) is 4.79 Å². The topological polar surface area (TPSA) is 64.3 Å². The lowest BCUT2D eigenvalue weighted by molar-refractivity contribution is -0.142. The number of hydrogen-bond donors (Lipinski definition) is 2. The molecule has 2 aliphatic rings. The highest BCUT2D eigenvalue weighted by atomic mass is 16.5. The van der Waals surface area contributed by atoms with Crippen molar-refractivity contribution in [2.75, 3.05) is 11.9 Å². The molecule has 3 N–H and O–H groups in total. The van der Waals surface area contributed by atoms with Crippen LogP contribution in [0, 0.1) is 5.92 Å². The number of ether oxygens (including phenoxy) is 1. The van der Waals surface area contributed by atoms with Crippen LogP contribution in [-0.4, -0.2) is 24.2 Å². The van der Waals surface area contributed by atoms with Gasteiger partial charge in [0.25, 0.3) is 5.91 Å². The molecule has 1 aromatic rings. The van der Waals surface area contributed by atoms with Gasteiger partial charge in [0.1, 0.15) is 6.10 Å². The number of carbonyl (C=O) groups is 1. The Morgan fingerprint density at radius 3 is 2.90 bits per heavy atom. The SMILES string of the molecule is CC1CCC(CN)(OC2CCc3ccccc3NC2=O)C1. The van der Waals surface area contributed by atoms with Crippen LogP contribution in [0.1, 0.15) is 38.2 Å². The summed E-state index contributed by atoms with van der Waals surface area (Å²) in [7, 11) is 0. The first kappa shape index (κ1) is 14.5. The van der Waals surface area contributed by atoms with E-state index in [1.165, 1.54) is 5.56 Å². The second kappa shape index (κ2) is 5.78. The molecule has 1 fully saturated rings. The Morgan fingerprint density at radius 1 is 1.38 bits per heavy atom. The van der Waals surface area contributed by atoms with Crippen molar-refractivity contribution < 1.29 is 9.53 Å². The lowest BCUT2D eigenvalue weighted by Gasteiger charge is -2.32. The first-order valence-electron chi connectivity index (χ1n) is 7.88. The number of benzene rings is 1. The molecule has 3 rings (SSSR count). The van der Waals surface area contributed by atoms with Crippen LogP contribution in [0.5, 0.6) is 0 Å². The molecule has 0 bridgehead atoms. The number of rotatable bonds is 3. The molecule has 1 saturated carbocycles. The molecule has 0 radical (unpaired) electrons. The van der Waals surface area contributed by atoms with E-state index in [1.54, 1.807) is 0 Å². The second-order valence-electron chi connectivity index (χ2n) is 6.53. The molecule has 0 spiro atoms.